The Morgan fingerprint density at radius 3 is 2.11 bits per heavy atom. The number of amides is 2. The smallest absolute Gasteiger partial charge is 0.345 e. The summed E-state index contributed by atoms with van der Waals surface area (Å²) in [5.74, 6) is -2.03. The Labute approximate surface area is 104 Å². The number of hydrogen-bond acceptors (Lipinski definition) is 2. The van der Waals surface area contributed by atoms with Crippen LogP contribution in [0.25, 0.3) is 0 Å². The van der Waals surface area contributed by atoms with Crippen LogP contribution in [0, 0.1) is 5.92 Å². The second-order valence-corrected chi connectivity index (χ2v) is 4.73. The lowest BCUT2D eigenvalue weighted by Gasteiger charge is -2.33. The van der Waals surface area contributed by atoms with Crippen molar-refractivity contribution >= 4 is 11.8 Å². The topological polar surface area (TPSA) is 49.4 Å². The molecule has 1 fully saturated rings. The lowest BCUT2D eigenvalue weighted by atomic mass is 10.0. The van der Waals surface area contributed by atoms with Crippen LogP contribution in [0.4, 0.5) is 13.2 Å². The molecule has 104 valence electrons. The summed E-state index contributed by atoms with van der Waals surface area (Å²) < 4.78 is 36.1. The van der Waals surface area contributed by atoms with Crippen LogP contribution in [0.2, 0.25) is 0 Å². The SMILES string of the molecule is CC(C)C(=O)N1CCC(NC(=O)C(F)(F)F)CC1. The molecule has 1 rings (SSSR count). The third kappa shape index (κ3) is 3.89. The lowest BCUT2D eigenvalue weighted by molar-refractivity contribution is -0.174. The van der Waals surface area contributed by atoms with Crippen molar-refractivity contribution in [3.8, 4) is 0 Å². The molecule has 0 aromatic heterocycles. The summed E-state index contributed by atoms with van der Waals surface area (Å²) in [4.78, 5) is 24.0. The van der Waals surface area contributed by atoms with Crippen LogP contribution >= 0.6 is 0 Å². The highest BCUT2D eigenvalue weighted by Gasteiger charge is 2.40. The minimum atomic E-state index is -4.84. The number of rotatable bonds is 2. The number of likely N-dealkylation sites (tertiary alicyclic amines) is 1. The van der Waals surface area contributed by atoms with Crippen molar-refractivity contribution < 1.29 is 22.8 Å². The molecule has 0 radical (unpaired) electrons. The normalized spacial score (nSPS) is 18.0. The molecule has 2 amide bonds. The first-order chi connectivity index (χ1) is 8.21. The minimum absolute atomic E-state index is 0.00408. The van der Waals surface area contributed by atoms with E-state index in [9.17, 15) is 22.8 Å². The van der Waals surface area contributed by atoms with E-state index in [0.29, 0.717) is 25.9 Å². The summed E-state index contributed by atoms with van der Waals surface area (Å²) in [6.45, 7) is 4.33. The van der Waals surface area contributed by atoms with Crippen molar-refractivity contribution in [3.63, 3.8) is 0 Å². The van der Waals surface area contributed by atoms with Gasteiger partial charge >= 0.3 is 12.1 Å². The number of piperidine rings is 1. The number of alkyl halides is 3. The lowest BCUT2D eigenvalue weighted by Crippen LogP contribution is -2.50. The zero-order valence-corrected chi connectivity index (χ0v) is 10.4. The summed E-state index contributed by atoms with van der Waals surface area (Å²) >= 11 is 0. The molecule has 1 heterocycles. The van der Waals surface area contributed by atoms with E-state index in [1.54, 1.807) is 18.7 Å². The number of nitrogens with zero attached hydrogens (tertiary/aromatic N) is 1. The van der Waals surface area contributed by atoms with Gasteiger partial charge in [-0.15, -0.1) is 0 Å². The summed E-state index contributed by atoms with van der Waals surface area (Å²) in [5, 5.41) is 1.95. The van der Waals surface area contributed by atoms with Crippen LogP contribution in [0.15, 0.2) is 0 Å². The number of hydrogen-bond donors (Lipinski definition) is 1. The average Bonchev–Trinajstić information content (AvgIpc) is 2.27. The molecule has 0 aliphatic carbocycles. The maximum Gasteiger partial charge on any atom is 0.471 e. The molecule has 1 saturated heterocycles. The predicted molar refractivity (Wildman–Crippen MR) is 58.6 cm³/mol. The molecule has 0 spiro atoms. The Hall–Kier alpha value is -1.27. The Morgan fingerprint density at radius 2 is 1.72 bits per heavy atom. The van der Waals surface area contributed by atoms with E-state index in [4.69, 9.17) is 0 Å². The molecule has 1 aliphatic rings. The first kappa shape index (κ1) is 14.8. The zero-order valence-electron chi connectivity index (χ0n) is 10.4. The molecule has 0 aromatic rings. The van der Waals surface area contributed by atoms with E-state index in [-0.39, 0.29) is 11.8 Å². The number of nitrogens with one attached hydrogen (secondary N) is 1. The fraction of sp³-hybridized carbons (Fsp3) is 0.818. The van der Waals surface area contributed by atoms with Crippen molar-refractivity contribution in [1.29, 1.82) is 0 Å². The summed E-state index contributed by atoms with van der Waals surface area (Å²) in [6, 6.07) is -0.504. The van der Waals surface area contributed by atoms with E-state index >= 15 is 0 Å². The molecule has 0 unspecified atom stereocenters. The van der Waals surface area contributed by atoms with Gasteiger partial charge in [0, 0.05) is 25.0 Å². The number of carbonyl (C=O) groups excluding carboxylic acids is 2. The van der Waals surface area contributed by atoms with Gasteiger partial charge in [0.05, 0.1) is 0 Å². The van der Waals surface area contributed by atoms with Gasteiger partial charge in [0.1, 0.15) is 0 Å². The van der Waals surface area contributed by atoms with Crippen molar-refractivity contribution in [3.05, 3.63) is 0 Å². The second kappa shape index (κ2) is 5.58. The molecule has 1 aliphatic heterocycles. The van der Waals surface area contributed by atoms with Crippen LogP contribution in [-0.2, 0) is 9.59 Å². The van der Waals surface area contributed by atoms with Crippen molar-refractivity contribution in [1.82, 2.24) is 10.2 Å². The van der Waals surface area contributed by atoms with Crippen LogP contribution in [0.1, 0.15) is 26.7 Å². The molecule has 7 heteroatoms. The van der Waals surface area contributed by atoms with Crippen LogP contribution in [0.5, 0.6) is 0 Å². The Kier molecular flexibility index (Phi) is 4.59. The summed E-state index contributed by atoms with van der Waals surface area (Å²) in [7, 11) is 0. The standard InChI is InChI=1S/C11H17F3N2O2/c1-7(2)9(17)16-5-3-8(4-6-16)15-10(18)11(12,13)14/h7-8H,3-6H2,1-2H3,(H,15,18). The Bertz CT molecular complexity index is 321. The Balaban J connectivity index is 2.41. The van der Waals surface area contributed by atoms with Gasteiger partial charge in [-0.1, -0.05) is 13.8 Å². The average molecular weight is 266 g/mol. The van der Waals surface area contributed by atoms with Crippen molar-refractivity contribution in [2.75, 3.05) is 13.1 Å². The molecule has 18 heavy (non-hydrogen) atoms. The number of halogens is 3. The van der Waals surface area contributed by atoms with Crippen molar-refractivity contribution in [2.45, 2.75) is 38.9 Å². The molecule has 1 N–H and O–H groups in total. The molecule has 0 bridgehead atoms. The van der Waals surface area contributed by atoms with Gasteiger partial charge in [0.25, 0.3) is 0 Å². The Morgan fingerprint density at radius 1 is 1.22 bits per heavy atom. The maximum absolute atomic E-state index is 12.0. The third-order valence-electron chi connectivity index (χ3n) is 2.89. The van der Waals surface area contributed by atoms with E-state index in [0.717, 1.165) is 0 Å². The molecule has 0 saturated carbocycles. The van der Waals surface area contributed by atoms with Gasteiger partial charge in [-0.25, -0.2) is 0 Å². The summed E-state index contributed by atoms with van der Waals surface area (Å²) in [6.07, 6.45) is -4.12. The highest BCUT2D eigenvalue weighted by Crippen LogP contribution is 2.18. The zero-order chi connectivity index (χ0) is 13.9. The molecule has 0 atom stereocenters. The van der Waals surface area contributed by atoms with Crippen molar-refractivity contribution in [2.24, 2.45) is 5.92 Å². The van der Waals surface area contributed by atoms with E-state index in [1.807, 2.05) is 5.32 Å². The fourth-order valence-electron chi connectivity index (χ4n) is 1.88. The molecular weight excluding hydrogens is 249 g/mol. The van der Waals surface area contributed by atoms with E-state index in [1.165, 1.54) is 0 Å². The first-order valence-electron chi connectivity index (χ1n) is 5.88. The largest absolute Gasteiger partial charge is 0.471 e. The molecule has 4 nitrogen and oxygen atoms in total. The van der Waals surface area contributed by atoms with Gasteiger partial charge in [-0.2, -0.15) is 13.2 Å². The predicted octanol–water partition coefficient (Wildman–Crippen LogP) is 1.31. The quantitative estimate of drug-likeness (QED) is 0.819. The molecular formula is C11H17F3N2O2. The van der Waals surface area contributed by atoms with Gasteiger partial charge in [-0.3, -0.25) is 9.59 Å². The van der Waals surface area contributed by atoms with Gasteiger partial charge in [0.15, 0.2) is 0 Å². The maximum atomic E-state index is 12.0. The minimum Gasteiger partial charge on any atom is -0.345 e. The van der Waals surface area contributed by atoms with E-state index in [2.05, 4.69) is 0 Å². The monoisotopic (exact) mass is 266 g/mol. The summed E-state index contributed by atoms with van der Waals surface area (Å²) in [5.41, 5.74) is 0. The van der Waals surface area contributed by atoms with Gasteiger partial charge in [-0.05, 0) is 12.8 Å². The van der Waals surface area contributed by atoms with Gasteiger partial charge < -0.3 is 10.2 Å². The highest BCUT2D eigenvalue weighted by atomic mass is 19.4. The highest BCUT2D eigenvalue weighted by molar-refractivity contribution is 5.82. The van der Waals surface area contributed by atoms with Gasteiger partial charge in [0.2, 0.25) is 5.91 Å². The fourth-order valence-corrected chi connectivity index (χ4v) is 1.88. The van der Waals surface area contributed by atoms with Crippen LogP contribution in [-0.4, -0.2) is 42.0 Å². The van der Waals surface area contributed by atoms with Crippen LogP contribution in [0.3, 0.4) is 0 Å². The van der Waals surface area contributed by atoms with E-state index < -0.39 is 18.1 Å². The second-order valence-electron chi connectivity index (χ2n) is 4.73. The van der Waals surface area contributed by atoms with Crippen LogP contribution < -0.4 is 5.32 Å². The number of carbonyl (C=O) groups is 2. The third-order valence-corrected chi connectivity index (χ3v) is 2.89. The molecule has 0 aromatic carbocycles. The first-order valence-corrected chi connectivity index (χ1v) is 5.88.